The van der Waals surface area contributed by atoms with Gasteiger partial charge in [0.05, 0.1) is 0 Å². The van der Waals surface area contributed by atoms with Crippen LogP contribution < -0.4 is 5.32 Å². The maximum absolute atomic E-state index is 13.4. The van der Waals surface area contributed by atoms with Gasteiger partial charge in [0.2, 0.25) is 0 Å². The molecule has 1 rings (SSSR count). The van der Waals surface area contributed by atoms with Crippen LogP contribution in [-0.4, -0.2) is 17.6 Å². The summed E-state index contributed by atoms with van der Waals surface area (Å²) in [5.74, 6) is -1.63. The third-order valence-corrected chi connectivity index (χ3v) is 2.90. The number of amides is 1. The monoisotopic (exact) mass is 239 g/mol. The lowest BCUT2D eigenvalue weighted by atomic mass is 9.90. The lowest BCUT2D eigenvalue weighted by Gasteiger charge is -2.22. The van der Waals surface area contributed by atoms with Crippen molar-refractivity contribution >= 4 is 5.91 Å². The number of benzene rings is 1. The van der Waals surface area contributed by atoms with Crippen LogP contribution in [0, 0.1) is 11.2 Å². The van der Waals surface area contributed by atoms with Gasteiger partial charge in [-0.15, -0.1) is 0 Å². The molecule has 17 heavy (non-hydrogen) atoms. The molecule has 0 saturated heterocycles. The van der Waals surface area contributed by atoms with Crippen LogP contribution in [0.2, 0.25) is 0 Å². The molecule has 4 heteroatoms. The Morgan fingerprint density at radius 3 is 2.65 bits per heavy atom. The van der Waals surface area contributed by atoms with Gasteiger partial charge in [-0.25, -0.2) is 4.39 Å². The lowest BCUT2D eigenvalue weighted by molar-refractivity contribution is 0.0928. The third-order valence-electron chi connectivity index (χ3n) is 2.90. The summed E-state index contributed by atoms with van der Waals surface area (Å²) >= 11 is 0. The predicted octanol–water partition coefficient (Wildman–Crippen LogP) is 2.70. The molecular weight excluding hydrogens is 221 g/mol. The van der Waals surface area contributed by atoms with E-state index in [0.29, 0.717) is 6.54 Å². The van der Waals surface area contributed by atoms with Crippen LogP contribution in [0.5, 0.6) is 5.75 Å². The summed E-state index contributed by atoms with van der Waals surface area (Å²) in [5, 5.41) is 12.1. The number of nitrogens with one attached hydrogen (secondary N) is 1. The summed E-state index contributed by atoms with van der Waals surface area (Å²) in [6.07, 6.45) is 0.899. The third kappa shape index (κ3) is 3.44. The molecule has 0 aliphatic carbocycles. The van der Waals surface area contributed by atoms with Crippen LogP contribution in [0.4, 0.5) is 4.39 Å². The second-order valence-electron chi connectivity index (χ2n) is 4.83. The Morgan fingerprint density at radius 2 is 2.12 bits per heavy atom. The van der Waals surface area contributed by atoms with Crippen molar-refractivity contribution in [1.82, 2.24) is 5.32 Å². The first-order valence-electron chi connectivity index (χ1n) is 5.63. The molecule has 2 N–H and O–H groups in total. The highest BCUT2D eigenvalue weighted by Crippen LogP contribution is 2.21. The Labute approximate surface area is 101 Å². The summed E-state index contributed by atoms with van der Waals surface area (Å²) in [6.45, 7) is 6.48. The molecule has 1 aromatic rings. The zero-order valence-electron chi connectivity index (χ0n) is 10.4. The Kier molecular flexibility index (Phi) is 4.10. The smallest absolute Gasteiger partial charge is 0.258 e. The van der Waals surface area contributed by atoms with Gasteiger partial charge in [0.1, 0.15) is 17.1 Å². The summed E-state index contributed by atoms with van der Waals surface area (Å²) in [4.78, 5) is 11.7. The van der Waals surface area contributed by atoms with E-state index in [1.165, 1.54) is 12.1 Å². The van der Waals surface area contributed by atoms with E-state index in [1.807, 2.05) is 20.8 Å². The minimum Gasteiger partial charge on any atom is -0.507 e. The van der Waals surface area contributed by atoms with Crippen LogP contribution in [0.25, 0.3) is 0 Å². The molecule has 0 fully saturated rings. The standard InChI is InChI=1S/C13H18FNO2/c1-4-13(2,3)8-15-12(17)11-9(14)6-5-7-10(11)16/h5-7,16H,4,8H2,1-3H3,(H,15,17). The molecule has 94 valence electrons. The van der Waals surface area contributed by atoms with Gasteiger partial charge >= 0.3 is 0 Å². The summed E-state index contributed by atoms with van der Waals surface area (Å²) in [5.41, 5.74) is -0.337. The lowest BCUT2D eigenvalue weighted by Crippen LogP contribution is -2.34. The normalized spacial score (nSPS) is 11.3. The van der Waals surface area contributed by atoms with E-state index >= 15 is 0 Å². The van der Waals surface area contributed by atoms with E-state index in [4.69, 9.17) is 0 Å². The second-order valence-corrected chi connectivity index (χ2v) is 4.83. The average molecular weight is 239 g/mol. The molecular formula is C13H18FNO2. The number of hydrogen-bond acceptors (Lipinski definition) is 2. The van der Waals surface area contributed by atoms with E-state index < -0.39 is 11.7 Å². The first-order valence-corrected chi connectivity index (χ1v) is 5.63. The minimum atomic E-state index is -0.711. The van der Waals surface area contributed by atoms with Crippen molar-refractivity contribution in [2.45, 2.75) is 27.2 Å². The molecule has 0 aliphatic rings. The Bertz CT molecular complexity index is 396. The van der Waals surface area contributed by atoms with Crippen molar-refractivity contribution in [2.24, 2.45) is 5.41 Å². The fourth-order valence-electron chi connectivity index (χ4n) is 1.27. The second kappa shape index (κ2) is 5.17. The molecule has 0 aliphatic heterocycles. The molecule has 0 radical (unpaired) electrons. The Hall–Kier alpha value is -1.58. The maximum atomic E-state index is 13.4. The zero-order valence-corrected chi connectivity index (χ0v) is 10.4. The van der Waals surface area contributed by atoms with Crippen molar-refractivity contribution in [3.05, 3.63) is 29.6 Å². The van der Waals surface area contributed by atoms with Gasteiger partial charge in [0.25, 0.3) is 5.91 Å². The molecule has 0 aromatic heterocycles. The Balaban J connectivity index is 2.78. The van der Waals surface area contributed by atoms with Crippen molar-refractivity contribution in [2.75, 3.05) is 6.54 Å². The number of phenols is 1. The highest BCUT2D eigenvalue weighted by Gasteiger charge is 2.20. The predicted molar refractivity (Wildman–Crippen MR) is 64.5 cm³/mol. The first kappa shape index (κ1) is 13.5. The van der Waals surface area contributed by atoms with Gasteiger partial charge in [-0.05, 0) is 24.0 Å². The maximum Gasteiger partial charge on any atom is 0.258 e. The van der Waals surface area contributed by atoms with Crippen molar-refractivity contribution in [3.8, 4) is 5.75 Å². The molecule has 0 heterocycles. The largest absolute Gasteiger partial charge is 0.507 e. The zero-order chi connectivity index (χ0) is 13.1. The van der Waals surface area contributed by atoms with Crippen molar-refractivity contribution in [3.63, 3.8) is 0 Å². The van der Waals surface area contributed by atoms with Gasteiger partial charge in [-0.1, -0.05) is 26.8 Å². The molecule has 1 aromatic carbocycles. The summed E-state index contributed by atoms with van der Waals surface area (Å²) in [7, 11) is 0. The fraction of sp³-hybridized carbons (Fsp3) is 0.462. The highest BCUT2D eigenvalue weighted by atomic mass is 19.1. The molecule has 0 bridgehead atoms. The van der Waals surface area contributed by atoms with Crippen LogP contribution in [0.15, 0.2) is 18.2 Å². The number of aromatic hydroxyl groups is 1. The van der Waals surface area contributed by atoms with Crippen LogP contribution in [0.1, 0.15) is 37.6 Å². The van der Waals surface area contributed by atoms with Gasteiger partial charge in [0.15, 0.2) is 0 Å². The molecule has 3 nitrogen and oxygen atoms in total. The number of rotatable bonds is 4. The number of carbonyl (C=O) groups is 1. The van der Waals surface area contributed by atoms with Crippen molar-refractivity contribution in [1.29, 1.82) is 0 Å². The SMILES string of the molecule is CCC(C)(C)CNC(=O)c1c(O)cccc1F. The van der Waals surface area contributed by atoms with Gasteiger partial charge in [-0.2, -0.15) is 0 Å². The number of hydrogen-bond donors (Lipinski definition) is 2. The topological polar surface area (TPSA) is 49.3 Å². The highest BCUT2D eigenvalue weighted by molar-refractivity contribution is 5.97. The molecule has 0 saturated carbocycles. The van der Waals surface area contributed by atoms with E-state index in [-0.39, 0.29) is 16.7 Å². The van der Waals surface area contributed by atoms with E-state index in [1.54, 1.807) is 0 Å². The number of halogens is 1. The average Bonchev–Trinajstić information content (AvgIpc) is 2.26. The van der Waals surface area contributed by atoms with Crippen LogP contribution in [-0.2, 0) is 0 Å². The first-order chi connectivity index (χ1) is 7.87. The molecule has 0 unspecified atom stereocenters. The molecule has 0 spiro atoms. The van der Waals surface area contributed by atoms with E-state index in [2.05, 4.69) is 5.32 Å². The quantitative estimate of drug-likeness (QED) is 0.848. The van der Waals surface area contributed by atoms with Crippen molar-refractivity contribution < 1.29 is 14.3 Å². The van der Waals surface area contributed by atoms with E-state index in [9.17, 15) is 14.3 Å². The van der Waals surface area contributed by atoms with E-state index in [0.717, 1.165) is 12.5 Å². The summed E-state index contributed by atoms with van der Waals surface area (Å²) < 4.78 is 13.4. The number of carbonyl (C=O) groups excluding carboxylic acids is 1. The van der Waals surface area contributed by atoms with Gasteiger partial charge < -0.3 is 10.4 Å². The fourth-order valence-corrected chi connectivity index (χ4v) is 1.27. The minimum absolute atomic E-state index is 0.0451. The van der Waals surface area contributed by atoms with Crippen LogP contribution >= 0.6 is 0 Å². The molecule has 1 amide bonds. The summed E-state index contributed by atoms with van der Waals surface area (Å²) in [6, 6.07) is 3.81. The Morgan fingerprint density at radius 1 is 1.47 bits per heavy atom. The van der Waals surface area contributed by atoms with Crippen LogP contribution in [0.3, 0.4) is 0 Å². The number of phenolic OH excluding ortho intramolecular Hbond substituents is 1. The molecule has 0 atom stereocenters. The van der Waals surface area contributed by atoms with Gasteiger partial charge in [0, 0.05) is 6.54 Å². The van der Waals surface area contributed by atoms with Gasteiger partial charge in [-0.3, -0.25) is 4.79 Å².